The summed E-state index contributed by atoms with van der Waals surface area (Å²) in [6, 6.07) is 15.4. The van der Waals surface area contributed by atoms with E-state index in [2.05, 4.69) is 13.8 Å². The Morgan fingerprint density at radius 2 is 1.25 bits per heavy atom. The van der Waals surface area contributed by atoms with Crippen molar-refractivity contribution in [3.05, 3.63) is 75.3 Å². The van der Waals surface area contributed by atoms with E-state index >= 15 is 0 Å². The van der Waals surface area contributed by atoms with E-state index in [4.69, 9.17) is 0 Å². The first-order valence-electron chi connectivity index (χ1n) is 9.65. The van der Waals surface area contributed by atoms with Gasteiger partial charge in [-0.25, -0.2) is 0 Å². The molecule has 0 atom stereocenters. The average molecular weight is 381 g/mol. The minimum Gasteiger partial charge on any atom is -0.758 e. The van der Waals surface area contributed by atoms with Gasteiger partial charge in [-0.05, 0) is 75.6 Å². The third kappa shape index (κ3) is 4.87. The highest BCUT2D eigenvalue weighted by Crippen LogP contribution is 2.31. The average Bonchev–Trinajstić information content (AvgIpc) is 2.60. The fraction of sp³-hybridized carbons (Fsp3) is 0.417. The van der Waals surface area contributed by atoms with Crippen molar-refractivity contribution in [3.63, 3.8) is 0 Å². The van der Waals surface area contributed by atoms with Crippen molar-refractivity contribution in [1.29, 1.82) is 0 Å². The van der Waals surface area contributed by atoms with Crippen LogP contribution in [0.2, 0.25) is 0 Å². The van der Waals surface area contributed by atoms with Crippen molar-refractivity contribution in [2.45, 2.75) is 66.5 Å². The van der Waals surface area contributed by atoms with Crippen LogP contribution < -0.4 is 5.06 Å². The van der Waals surface area contributed by atoms with Crippen molar-refractivity contribution >= 4 is 16.9 Å². The summed E-state index contributed by atoms with van der Waals surface area (Å²) in [6.07, 6.45) is 0. The highest BCUT2D eigenvalue weighted by Gasteiger charge is 2.31. The molecule has 0 saturated carbocycles. The molecule has 0 fully saturated rings. The summed E-state index contributed by atoms with van der Waals surface area (Å²) in [5, 5.41) is 13.4. The first kappa shape index (κ1) is 21.8. The number of hydrogen-bond donors (Lipinski definition) is 0. The Bertz CT molecular complexity index is 861. The molecule has 2 rings (SSSR count). The number of nitrogens with zero attached hydrogens (tertiary/aromatic N) is 2. The molecule has 0 radical (unpaired) electrons. The molecule has 0 aliphatic heterocycles. The zero-order valence-corrected chi connectivity index (χ0v) is 18.3. The SMILES string of the molecule is CC(C)=C(c1ccc(N([O-])C(C)(C)C)cc1)c1ccc([N+](=O)C(C)(C)C)cc1. The topological polar surface area (TPSA) is 46.4 Å². The van der Waals surface area contributed by atoms with Gasteiger partial charge >= 0.3 is 0 Å². The van der Waals surface area contributed by atoms with Crippen LogP contribution >= 0.6 is 0 Å². The first-order chi connectivity index (χ1) is 12.8. The van der Waals surface area contributed by atoms with E-state index in [1.165, 1.54) is 5.57 Å². The van der Waals surface area contributed by atoms with Crippen LogP contribution in [0.4, 0.5) is 11.4 Å². The van der Waals surface area contributed by atoms with Gasteiger partial charge in [0.2, 0.25) is 5.54 Å². The highest BCUT2D eigenvalue weighted by atomic mass is 16.5. The fourth-order valence-electron chi connectivity index (χ4n) is 3.05. The van der Waals surface area contributed by atoms with E-state index in [0.717, 1.165) is 26.5 Å². The molecule has 2 aromatic carbocycles. The van der Waals surface area contributed by atoms with Crippen molar-refractivity contribution < 1.29 is 4.76 Å². The molecule has 4 heteroatoms. The minimum atomic E-state index is -0.478. The Hall–Kier alpha value is -2.46. The number of benzene rings is 2. The van der Waals surface area contributed by atoms with Crippen LogP contribution in [0, 0.1) is 10.1 Å². The Kier molecular flexibility index (Phi) is 6.15. The van der Waals surface area contributed by atoms with Gasteiger partial charge in [0.25, 0.3) is 5.69 Å². The summed E-state index contributed by atoms with van der Waals surface area (Å²) < 4.78 is 1.03. The van der Waals surface area contributed by atoms with Gasteiger partial charge < -0.3 is 10.3 Å². The maximum atomic E-state index is 12.4. The van der Waals surface area contributed by atoms with Gasteiger partial charge in [-0.1, -0.05) is 17.7 Å². The van der Waals surface area contributed by atoms with E-state index < -0.39 is 11.1 Å². The zero-order valence-electron chi connectivity index (χ0n) is 18.3. The summed E-state index contributed by atoms with van der Waals surface area (Å²) in [7, 11) is 0. The molecule has 0 unspecified atom stereocenters. The smallest absolute Gasteiger partial charge is 0.256 e. The van der Waals surface area contributed by atoms with E-state index in [0.29, 0.717) is 11.4 Å². The molecular weight excluding hydrogens is 348 g/mol. The third-order valence-electron chi connectivity index (χ3n) is 4.50. The third-order valence-corrected chi connectivity index (χ3v) is 4.50. The van der Waals surface area contributed by atoms with Crippen molar-refractivity contribution in [2.75, 3.05) is 5.06 Å². The summed E-state index contributed by atoms with van der Waals surface area (Å²) in [5.41, 5.74) is 4.72. The summed E-state index contributed by atoms with van der Waals surface area (Å²) >= 11 is 0. The molecule has 0 saturated heterocycles. The lowest BCUT2D eigenvalue weighted by Gasteiger charge is -2.43. The normalized spacial score (nSPS) is 11.9. The predicted molar refractivity (Wildman–Crippen MR) is 119 cm³/mol. The minimum absolute atomic E-state index is 0.478. The molecule has 0 heterocycles. The van der Waals surface area contributed by atoms with Crippen LogP contribution in [0.3, 0.4) is 0 Å². The van der Waals surface area contributed by atoms with Gasteiger partial charge in [-0.15, -0.1) is 0 Å². The number of nitroso groups, excluding NO2 is 1. The highest BCUT2D eigenvalue weighted by molar-refractivity contribution is 5.82. The molecular formula is C24H32N2O2. The number of rotatable bonds is 4. The molecule has 0 spiro atoms. The number of hydrogen-bond acceptors (Lipinski definition) is 3. The van der Waals surface area contributed by atoms with Crippen molar-refractivity contribution in [1.82, 2.24) is 0 Å². The van der Waals surface area contributed by atoms with E-state index in [9.17, 15) is 10.1 Å². The Morgan fingerprint density at radius 1 is 0.821 bits per heavy atom. The number of hydroxylamine groups is 1. The molecule has 28 heavy (non-hydrogen) atoms. The summed E-state index contributed by atoms with van der Waals surface area (Å²) in [5.74, 6) is 0. The van der Waals surface area contributed by atoms with Gasteiger partial charge in [-0.3, -0.25) is 0 Å². The predicted octanol–water partition coefficient (Wildman–Crippen LogP) is 6.84. The lowest BCUT2D eigenvalue weighted by molar-refractivity contribution is -0.540. The lowest BCUT2D eigenvalue weighted by Crippen LogP contribution is -2.36. The second-order valence-electron chi connectivity index (χ2n) is 9.40. The number of allylic oxidation sites excluding steroid dienone is 1. The van der Waals surface area contributed by atoms with Crippen molar-refractivity contribution in [3.8, 4) is 0 Å². The van der Waals surface area contributed by atoms with E-state index in [-0.39, 0.29) is 0 Å². The van der Waals surface area contributed by atoms with Gasteiger partial charge in [-0.2, -0.15) is 0 Å². The van der Waals surface area contributed by atoms with Crippen LogP contribution in [-0.2, 0) is 0 Å². The molecule has 0 N–H and O–H groups in total. The monoisotopic (exact) mass is 380 g/mol. The molecule has 0 aromatic heterocycles. The number of anilines is 1. The molecule has 0 aliphatic rings. The quantitative estimate of drug-likeness (QED) is 0.431. The Morgan fingerprint density at radius 3 is 1.61 bits per heavy atom. The molecule has 0 aliphatic carbocycles. The molecule has 150 valence electrons. The van der Waals surface area contributed by atoms with Crippen LogP contribution in [-0.4, -0.2) is 15.8 Å². The van der Waals surface area contributed by atoms with Gasteiger partial charge in [0.1, 0.15) is 0 Å². The fourth-order valence-corrected chi connectivity index (χ4v) is 3.05. The standard InChI is InChI=1S/C24H32N2O2/c1-17(2)22(18-9-13-20(14-10-18)25(27)23(3,4)5)19-11-15-21(16-12-19)26(28)24(6,7)8/h9-16H,1-8H3. The Labute approximate surface area is 169 Å². The van der Waals surface area contributed by atoms with Gasteiger partial charge in [0.05, 0.1) is 0 Å². The van der Waals surface area contributed by atoms with Gasteiger partial charge in [0.15, 0.2) is 0 Å². The van der Waals surface area contributed by atoms with Crippen LogP contribution in [0.25, 0.3) is 5.57 Å². The Balaban J connectivity index is 2.37. The maximum Gasteiger partial charge on any atom is 0.256 e. The molecule has 0 amide bonds. The van der Waals surface area contributed by atoms with Crippen LogP contribution in [0.1, 0.15) is 66.5 Å². The maximum absolute atomic E-state index is 12.4. The van der Waals surface area contributed by atoms with E-state index in [1.54, 1.807) is 0 Å². The van der Waals surface area contributed by atoms with Gasteiger partial charge in [0, 0.05) is 53.8 Å². The zero-order chi connectivity index (χ0) is 21.3. The second kappa shape index (κ2) is 7.88. The first-order valence-corrected chi connectivity index (χ1v) is 9.65. The largest absolute Gasteiger partial charge is 0.758 e. The summed E-state index contributed by atoms with van der Waals surface area (Å²) in [6.45, 7) is 15.5. The lowest BCUT2D eigenvalue weighted by atomic mass is 9.93. The van der Waals surface area contributed by atoms with Crippen LogP contribution in [0.5, 0.6) is 0 Å². The van der Waals surface area contributed by atoms with Crippen LogP contribution in [0.15, 0.2) is 54.1 Å². The van der Waals surface area contributed by atoms with Crippen molar-refractivity contribution in [2.24, 2.45) is 0 Å². The molecule has 0 bridgehead atoms. The second-order valence-corrected chi connectivity index (χ2v) is 9.40. The summed E-state index contributed by atoms with van der Waals surface area (Å²) in [4.78, 5) is 12.4. The van der Waals surface area contributed by atoms with E-state index in [1.807, 2.05) is 90.1 Å². The molecule has 2 aromatic rings. The molecule has 4 nitrogen and oxygen atoms in total.